The monoisotopic (exact) mass is 241 g/mol. The molecule has 0 atom stereocenters. The summed E-state index contributed by atoms with van der Waals surface area (Å²) < 4.78 is 0. The number of benzene rings is 1. The van der Waals surface area contributed by atoms with Crippen molar-refractivity contribution in [3.63, 3.8) is 0 Å². The van der Waals surface area contributed by atoms with Crippen LogP contribution in [0.2, 0.25) is 0 Å². The van der Waals surface area contributed by atoms with Gasteiger partial charge in [-0.1, -0.05) is 24.3 Å². The molecule has 2 rings (SSSR count). The number of halogens is 1. The van der Waals surface area contributed by atoms with Crippen molar-refractivity contribution in [1.29, 1.82) is 0 Å². The van der Waals surface area contributed by atoms with Crippen LogP contribution in [0.4, 0.5) is 0 Å². The quantitative estimate of drug-likeness (QED) is 0.737. The molecule has 0 fully saturated rings. The van der Waals surface area contributed by atoms with E-state index >= 15 is 0 Å². The molecule has 1 N–H and O–H groups in total. The molecule has 1 aliphatic rings. The Morgan fingerprint density at radius 2 is 1.92 bits per heavy atom. The largest absolute Gasteiger partial charge is 0.307 e. The summed E-state index contributed by atoms with van der Waals surface area (Å²) in [6.07, 6.45) is 1.17. The molecule has 0 radical (unpaired) electrons. The van der Waals surface area contributed by atoms with Gasteiger partial charge in [0.2, 0.25) is 0 Å². The number of nitrogens with one attached hydrogen (secondary N) is 1. The van der Waals surface area contributed by atoms with Crippen molar-refractivity contribution in [2.75, 3.05) is 6.54 Å². The van der Waals surface area contributed by atoms with Crippen LogP contribution in [0.25, 0.3) is 0 Å². The minimum Gasteiger partial charge on any atom is -0.307 e. The van der Waals surface area contributed by atoms with Gasteiger partial charge in [0.05, 0.1) is 0 Å². The lowest BCUT2D eigenvalue weighted by molar-refractivity contribution is 0.382. The van der Waals surface area contributed by atoms with Gasteiger partial charge in [0.25, 0.3) is 0 Å². The first-order valence-corrected chi connectivity index (χ1v) is 4.53. The average molecular weight is 242 g/mol. The van der Waals surface area contributed by atoms with E-state index in [1.807, 2.05) is 0 Å². The van der Waals surface area contributed by atoms with E-state index in [0.717, 1.165) is 6.54 Å². The highest BCUT2D eigenvalue weighted by atomic mass is 79.9. The average Bonchev–Trinajstić information content (AvgIpc) is 2.04. The molecule has 1 nitrogen and oxygen atoms in total. The smallest absolute Gasteiger partial charge is 0.0380 e. The van der Waals surface area contributed by atoms with Gasteiger partial charge in [0, 0.05) is 5.54 Å². The molecule has 0 bridgehead atoms. The second kappa shape index (κ2) is 3.81. The van der Waals surface area contributed by atoms with Crippen LogP contribution in [0, 0.1) is 0 Å². The molecular weight excluding hydrogens is 226 g/mol. The third kappa shape index (κ3) is 1.94. The first-order chi connectivity index (χ1) is 5.70. The zero-order valence-corrected chi connectivity index (χ0v) is 9.84. The molecule has 1 heterocycles. The fourth-order valence-electron chi connectivity index (χ4n) is 1.95. The van der Waals surface area contributed by atoms with Crippen molar-refractivity contribution in [2.45, 2.75) is 25.8 Å². The molecule has 0 aliphatic carbocycles. The van der Waals surface area contributed by atoms with E-state index in [1.54, 1.807) is 0 Å². The van der Waals surface area contributed by atoms with Crippen molar-refractivity contribution in [3.8, 4) is 0 Å². The molecule has 72 valence electrons. The molecule has 0 aromatic heterocycles. The first kappa shape index (κ1) is 10.7. The second-order valence-electron chi connectivity index (χ2n) is 3.96. The maximum absolute atomic E-state index is 3.51. The summed E-state index contributed by atoms with van der Waals surface area (Å²) in [6, 6.07) is 8.70. The summed E-state index contributed by atoms with van der Waals surface area (Å²) in [4.78, 5) is 0. The molecule has 0 saturated carbocycles. The van der Waals surface area contributed by atoms with Gasteiger partial charge in [0.1, 0.15) is 0 Å². The van der Waals surface area contributed by atoms with Gasteiger partial charge < -0.3 is 5.32 Å². The predicted molar refractivity (Wildman–Crippen MR) is 61.5 cm³/mol. The first-order valence-electron chi connectivity index (χ1n) is 4.53. The lowest BCUT2D eigenvalue weighted by atomic mass is 9.85. The van der Waals surface area contributed by atoms with Crippen LogP contribution in [0.3, 0.4) is 0 Å². The van der Waals surface area contributed by atoms with Crippen molar-refractivity contribution in [3.05, 3.63) is 35.4 Å². The van der Waals surface area contributed by atoms with Crippen LogP contribution in [0.5, 0.6) is 0 Å². The lowest BCUT2D eigenvalue weighted by Crippen LogP contribution is -2.42. The fraction of sp³-hybridized carbons (Fsp3) is 0.455. The van der Waals surface area contributed by atoms with Gasteiger partial charge in [-0.2, -0.15) is 0 Å². The van der Waals surface area contributed by atoms with Crippen molar-refractivity contribution < 1.29 is 0 Å². The van der Waals surface area contributed by atoms with Crippen LogP contribution in [0.1, 0.15) is 25.0 Å². The Labute approximate surface area is 90.3 Å². The van der Waals surface area contributed by atoms with Crippen LogP contribution in [0.15, 0.2) is 24.3 Å². The van der Waals surface area contributed by atoms with Gasteiger partial charge in [0.15, 0.2) is 0 Å². The van der Waals surface area contributed by atoms with E-state index in [1.165, 1.54) is 17.5 Å². The Kier molecular flexibility index (Phi) is 3.14. The van der Waals surface area contributed by atoms with Gasteiger partial charge >= 0.3 is 0 Å². The van der Waals surface area contributed by atoms with E-state index < -0.39 is 0 Å². The fourth-order valence-corrected chi connectivity index (χ4v) is 1.95. The third-order valence-electron chi connectivity index (χ3n) is 2.65. The predicted octanol–water partition coefficient (Wildman–Crippen LogP) is 2.65. The van der Waals surface area contributed by atoms with E-state index in [9.17, 15) is 0 Å². The Morgan fingerprint density at radius 3 is 2.62 bits per heavy atom. The minimum absolute atomic E-state index is 0. The second-order valence-corrected chi connectivity index (χ2v) is 3.96. The summed E-state index contributed by atoms with van der Waals surface area (Å²) in [5.41, 5.74) is 3.12. The summed E-state index contributed by atoms with van der Waals surface area (Å²) >= 11 is 0. The molecule has 1 aromatic carbocycles. The molecule has 2 heteroatoms. The molecule has 13 heavy (non-hydrogen) atoms. The number of fused-ring (bicyclic) bond motifs is 1. The molecule has 0 spiro atoms. The van der Waals surface area contributed by atoms with Gasteiger partial charge in [-0.05, 0) is 37.9 Å². The third-order valence-corrected chi connectivity index (χ3v) is 2.65. The number of hydrogen-bond acceptors (Lipinski definition) is 1. The summed E-state index contributed by atoms with van der Waals surface area (Å²) in [5, 5.41) is 3.51. The maximum atomic E-state index is 3.51. The van der Waals surface area contributed by atoms with Gasteiger partial charge in [-0.15, -0.1) is 17.0 Å². The highest BCUT2D eigenvalue weighted by Gasteiger charge is 2.25. The SMILES string of the molecule is Br.CC1(C)NCCc2ccccc21. The zero-order valence-electron chi connectivity index (χ0n) is 8.13. The molecule has 1 aromatic rings. The van der Waals surface area contributed by atoms with Crippen LogP contribution in [-0.4, -0.2) is 6.54 Å². The minimum atomic E-state index is 0. The summed E-state index contributed by atoms with van der Waals surface area (Å²) in [6.45, 7) is 5.58. The van der Waals surface area contributed by atoms with Crippen LogP contribution < -0.4 is 5.32 Å². The normalized spacial score (nSPS) is 18.6. The molecule has 0 saturated heterocycles. The Bertz CT molecular complexity index is 294. The van der Waals surface area contributed by atoms with Crippen molar-refractivity contribution in [2.24, 2.45) is 0 Å². The number of hydrogen-bond donors (Lipinski definition) is 1. The Balaban J connectivity index is 0.000000845. The molecule has 0 unspecified atom stereocenters. The summed E-state index contributed by atoms with van der Waals surface area (Å²) in [7, 11) is 0. The Hall–Kier alpha value is -0.340. The van der Waals surface area contributed by atoms with E-state index in [4.69, 9.17) is 0 Å². The van der Waals surface area contributed by atoms with E-state index in [2.05, 4.69) is 43.4 Å². The standard InChI is InChI=1S/C11H15N.BrH/c1-11(2)10-6-4-3-5-9(10)7-8-12-11;/h3-6,12H,7-8H2,1-2H3;1H. The highest BCUT2D eigenvalue weighted by molar-refractivity contribution is 8.93. The van der Waals surface area contributed by atoms with Crippen molar-refractivity contribution in [1.82, 2.24) is 5.32 Å². The van der Waals surface area contributed by atoms with E-state index in [0.29, 0.717) is 0 Å². The zero-order chi connectivity index (χ0) is 8.60. The molecular formula is C11H16BrN. The van der Waals surface area contributed by atoms with Crippen LogP contribution >= 0.6 is 17.0 Å². The van der Waals surface area contributed by atoms with Crippen molar-refractivity contribution >= 4 is 17.0 Å². The van der Waals surface area contributed by atoms with E-state index in [-0.39, 0.29) is 22.5 Å². The van der Waals surface area contributed by atoms with Gasteiger partial charge in [-0.25, -0.2) is 0 Å². The summed E-state index contributed by atoms with van der Waals surface area (Å²) in [5.74, 6) is 0. The van der Waals surface area contributed by atoms with Crippen LogP contribution in [-0.2, 0) is 12.0 Å². The molecule has 1 aliphatic heterocycles. The van der Waals surface area contributed by atoms with Gasteiger partial charge in [-0.3, -0.25) is 0 Å². The number of rotatable bonds is 0. The topological polar surface area (TPSA) is 12.0 Å². The maximum Gasteiger partial charge on any atom is 0.0380 e. The molecule has 0 amide bonds. The Morgan fingerprint density at radius 1 is 1.23 bits per heavy atom. The lowest BCUT2D eigenvalue weighted by Gasteiger charge is -2.33. The highest BCUT2D eigenvalue weighted by Crippen LogP contribution is 2.27.